The van der Waals surface area contributed by atoms with Gasteiger partial charge in [-0.05, 0) is 18.7 Å². The molecule has 0 atom stereocenters. The summed E-state index contributed by atoms with van der Waals surface area (Å²) in [6.07, 6.45) is 4.19. The van der Waals surface area contributed by atoms with Crippen molar-refractivity contribution in [3.8, 4) is 0 Å². The van der Waals surface area contributed by atoms with Crippen LogP contribution in [0, 0.1) is 6.92 Å². The fourth-order valence-corrected chi connectivity index (χ4v) is 3.04. The predicted octanol–water partition coefficient (Wildman–Crippen LogP) is 2.66. The highest BCUT2D eigenvalue weighted by atomic mass is 32.2. The van der Waals surface area contributed by atoms with E-state index in [2.05, 4.69) is 9.97 Å². The fourth-order valence-electron chi connectivity index (χ4n) is 1.43. The van der Waals surface area contributed by atoms with Crippen molar-refractivity contribution in [2.75, 3.05) is 0 Å². The average Bonchev–Trinajstić information content (AvgIpc) is 2.95. The molecule has 0 amide bonds. The summed E-state index contributed by atoms with van der Waals surface area (Å²) in [5.41, 5.74) is 1.34. The summed E-state index contributed by atoms with van der Waals surface area (Å²) in [5.74, 6) is 0. The minimum atomic E-state index is 0.497. The molecule has 0 unspecified atom stereocenters. The van der Waals surface area contributed by atoms with E-state index in [1.165, 1.54) is 23.1 Å². The maximum atomic E-state index is 11.1. The molecule has 0 aliphatic rings. The molecule has 0 spiro atoms. The van der Waals surface area contributed by atoms with Crippen molar-refractivity contribution < 1.29 is 9.21 Å². The Morgan fingerprint density at radius 3 is 3.12 bits per heavy atom. The third kappa shape index (κ3) is 1.77. The number of aromatic nitrogens is 3. The van der Waals surface area contributed by atoms with Crippen molar-refractivity contribution in [2.45, 2.75) is 17.2 Å². The first-order valence-electron chi connectivity index (χ1n) is 4.78. The number of rotatable bonds is 3. The summed E-state index contributed by atoms with van der Waals surface area (Å²) >= 11 is 2.74. The second-order valence-corrected chi connectivity index (χ2v) is 5.15. The van der Waals surface area contributed by atoms with Crippen molar-refractivity contribution in [3.63, 3.8) is 0 Å². The first kappa shape index (κ1) is 10.5. The summed E-state index contributed by atoms with van der Waals surface area (Å²) in [7, 11) is 0. The van der Waals surface area contributed by atoms with Gasteiger partial charge in [0.05, 0.1) is 5.69 Å². The predicted molar refractivity (Wildman–Crippen MR) is 63.8 cm³/mol. The van der Waals surface area contributed by atoms with Gasteiger partial charge in [0, 0.05) is 11.6 Å². The highest BCUT2D eigenvalue weighted by Crippen LogP contribution is 2.30. The van der Waals surface area contributed by atoms with E-state index in [0.29, 0.717) is 15.9 Å². The van der Waals surface area contributed by atoms with Crippen LogP contribution in [0.25, 0.3) is 4.96 Å². The first-order valence-corrected chi connectivity index (χ1v) is 6.48. The molecule has 0 radical (unpaired) electrons. The lowest BCUT2D eigenvalue weighted by Gasteiger charge is -1.92. The lowest BCUT2D eigenvalue weighted by atomic mass is 10.5. The molecule has 86 valence electrons. The van der Waals surface area contributed by atoms with Gasteiger partial charge in [-0.2, -0.15) is 0 Å². The Morgan fingerprint density at radius 2 is 2.41 bits per heavy atom. The highest BCUT2D eigenvalue weighted by molar-refractivity contribution is 7.99. The van der Waals surface area contributed by atoms with E-state index in [1.54, 1.807) is 10.7 Å². The summed E-state index contributed by atoms with van der Waals surface area (Å²) in [4.78, 5) is 20.4. The molecule has 3 heterocycles. The molecular weight excluding hydrogens is 258 g/mol. The quantitative estimate of drug-likeness (QED) is 0.681. The largest absolute Gasteiger partial charge is 0.439 e. The SMILES string of the molecule is Cc1coc(Sc2nc3sccn3c2C=O)n1. The van der Waals surface area contributed by atoms with Crippen LogP contribution in [0.1, 0.15) is 16.2 Å². The van der Waals surface area contributed by atoms with Gasteiger partial charge >= 0.3 is 0 Å². The van der Waals surface area contributed by atoms with Crippen LogP contribution in [0.2, 0.25) is 0 Å². The van der Waals surface area contributed by atoms with Crippen molar-refractivity contribution in [3.05, 3.63) is 29.2 Å². The van der Waals surface area contributed by atoms with Crippen molar-refractivity contribution in [1.82, 2.24) is 14.4 Å². The van der Waals surface area contributed by atoms with E-state index >= 15 is 0 Å². The Balaban J connectivity index is 2.04. The van der Waals surface area contributed by atoms with Gasteiger partial charge in [-0.1, -0.05) is 0 Å². The number of fused-ring (bicyclic) bond motifs is 1. The number of carbonyl (C=O) groups is 1. The topological polar surface area (TPSA) is 60.4 Å². The molecule has 0 N–H and O–H groups in total. The van der Waals surface area contributed by atoms with E-state index in [0.717, 1.165) is 16.9 Å². The maximum Gasteiger partial charge on any atom is 0.262 e. The second-order valence-electron chi connectivity index (χ2n) is 3.33. The Bertz CT molecular complexity index is 683. The molecule has 7 heteroatoms. The number of hydrogen-bond acceptors (Lipinski definition) is 6. The number of oxazole rings is 1. The number of thiazole rings is 1. The molecule has 3 aromatic heterocycles. The molecule has 0 aromatic carbocycles. The molecule has 3 aromatic rings. The zero-order valence-electron chi connectivity index (χ0n) is 8.78. The molecule has 0 aliphatic heterocycles. The van der Waals surface area contributed by atoms with Crippen LogP contribution in [0.15, 0.2) is 32.5 Å². The van der Waals surface area contributed by atoms with Crippen LogP contribution in [0.3, 0.4) is 0 Å². The molecule has 0 fully saturated rings. The fraction of sp³-hybridized carbons (Fsp3) is 0.100. The van der Waals surface area contributed by atoms with Crippen LogP contribution >= 0.6 is 23.1 Å². The Hall–Kier alpha value is -1.60. The average molecular weight is 265 g/mol. The van der Waals surface area contributed by atoms with Crippen molar-refractivity contribution in [2.24, 2.45) is 0 Å². The molecule has 3 rings (SSSR count). The Labute approximate surface area is 104 Å². The highest BCUT2D eigenvalue weighted by Gasteiger charge is 2.15. The number of imidazole rings is 1. The molecule has 17 heavy (non-hydrogen) atoms. The number of carbonyl (C=O) groups excluding carboxylic acids is 1. The van der Waals surface area contributed by atoms with Gasteiger partial charge in [0.25, 0.3) is 5.22 Å². The summed E-state index contributed by atoms with van der Waals surface area (Å²) in [6, 6.07) is 0. The monoisotopic (exact) mass is 265 g/mol. The smallest absolute Gasteiger partial charge is 0.262 e. The molecule has 0 aliphatic carbocycles. The Kier molecular flexibility index (Phi) is 2.49. The van der Waals surface area contributed by atoms with E-state index in [4.69, 9.17) is 4.42 Å². The lowest BCUT2D eigenvalue weighted by Crippen LogP contribution is -1.88. The zero-order valence-corrected chi connectivity index (χ0v) is 10.4. The third-order valence-corrected chi connectivity index (χ3v) is 3.77. The summed E-state index contributed by atoms with van der Waals surface area (Å²) < 4.78 is 6.99. The molecule has 5 nitrogen and oxygen atoms in total. The standard InChI is InChI=1S/C10H7N3O2S2/c1-6-5-15-10(11-6)17-8-7(4-14)13-2-3-16-9(13)12-8/h2-5H,1H3. The van der Waals surface area contributed by atoms with Crippen LogP contribution in [-0.4, -0.2) is 20.7 Å². The summed E-state index contributed by atoms with van der Waals surface area (Å²) in [6.45, 7) is 1.85. The lowest BCUT2D eigenvalue weighted by molar-refractivity contribution is 0.111. The normalized spacial score (nSPS) is 11.1. The van der Waals surface area contributed by atoms with E-state index in [1.807, 2.05) is 18.5 Å². The van der Waals surface area contributed by atoms with Gasteiger partial charge in [0.15, 0.2) is 11.2 Å². The van der Waals surface area contributed by atoms with E-state index in [9.17, 15) is 4.79 Å². The van der Waals surface area contributed by atoms with Crippen LogP contribution < -0.4 is 0 Å². The zero-order chi connectivity index (χ0) is 11.8. The van der Waals surface area contributed by atoms with Gasteiger partial charge in [-0.3, -0.25) is 9.20 Å². The number of hydrogen-bond donors (Lipinski definition) is 0. The van der Waals surface area contributed by atoms with Gasteiger partial charge in [-0.15, -0.1) is 11.3 Å². The Morgan fingerprint density at radius 1 is 1.53 bits per heavy atom. The molecule has 0 saturated heterocycles. The van der Waals surface area contributed by atoms with Crippen LogP contribution in [0.5, 0.6) is 0 Å². The third-order valence-electron chi connectivity index (χ3n) is 2.16. The van der Waals surface area contributed by atoms with Gasteiger partial charge in [0.2, 0.25) is 0 Å². The molecular formula is C10H7N3O2S2. The number of aryl methyl sites for hydroxylation is 1. The van der Waals surface area contributed by atoms with Gasteiger partial charge < -0.3 is 4.42 Å². The minimum absolute atomic E-state index is 0.497. The maximum absolute atomic E-state index is 11.1. The van der Waals surface area contributed by atoms with E-state index in [-0.39, 0.29) is 0 Å². The van der Waals surface area contributed by atoms with Gasteiger partial charge in [0.1, 0.15) is 17.0 Å². The summed E-state index contributed by atoms with van der Waals surface area (Å²) in [5, 5.41) is 3.00. The molecule has 0 bridgehead atoms. The van der Waals surface area contributed by atoms with Gasteiger partial charge in [-0.25, -0.2) is 9.97 Å². The number of nitrogens with zero attached hydrogens (tertiary/aromatic N) is 3. The van der Waals surface area contributed by atoms with Crippen molar-refractivity contribution in [1.29, 1.82) is 0 Å². The minimum Gasteiger partial charge on any atom is -0.439 e. The second kappa shape index (κ2) is 4.01. The first-order chi connectivity index (χ1) is 8.28. The van der Waals surface area contributed by atoms with E-state index < -0.39 is 0 Å². The number of aldehydes is 1. The van der Waals surface area contributed by atoms with Crippen LogP contribution in [-0.2, 0) is 0 Å². The van der Waals surface area contributed by atoms with Crippen molar-refractivity contribution >= 4 is 34.3 Å². The van der Waals surface area contributed by atoms with Crippen LogP contribution in [0.4, 0.5) is 0 Å². The molecule has 0 saturated carbocycles.